The van der Waals surface area contributed by atoms with Crippen LogP contribution in [-0.4, -0.2) is 47.8 Å². The first-order valence-electron chi connectivity index (χ1n) is 18.0. The summed E-state index contributed by atoms with van der Waals surface area (Å²) in [5, 5.41) is 12.5. The Morgan fingerprint density at radius 3 is 2.60 bits per heavy atom. The molecule has 0 amide bonds. The highest BCUT2D eigenvalue weighted by Gasteiger charge is 2.57. The van der Waals surface area contributed by atoms with Crippen LogP contribution in [0.1, 0.15) is 102 Å². The van der Waals surface area contributed by atoms with Crippen molar-refractivity contribution in [1.29, 1.82) is 0 Å². The van der Waals surface area contributed by atoms with E-state index in [2.05, 4.69) is 48.2 Å². The predicted molar refractivity (Wildman–Crippen MR) is 172 cm³/mol. The summed E-state index contributed by atoms with van der Waals surface area (Å²) in [6, 6.07) is 11.6. The van der Waals surface area contributed by atoms with Gasteiger partial charge in [-0.3, -0.25) is 4.90 Å². The number of rotatable bonds is 5. The zero-order chi connectivity index (χ0) is 30.9. The Hall–Kier alpha value is -2.57. The second kappa shape index (κ2) is 11.6. The number of piperidine rings is 1. The molecule has 3 aliphatic carbocycles. The molecule has 6 heteroatoms. The second-order valence-corrected chi connectivity index (χ2v) is 15.5. The molecule has 3 saturated carbocycles. The van der Waals surface area contributed by atoms with Crippen molar-refractivity contribution in [3.8, 4) is 0 Å². The lowest BCUT2D eigenvalue weighted by atomic mass is 9.67. The van der Waals surface area contributed by atoms with Crippen molar-refractivity contribution in [3.05, 3.63) is 70.6 Å². The molecule has 0 radical (unpaired) electrons. The zero-order valence-electron chi connectivity index (χ0n) is 27.4. The van der Waals surface area contributed by atoms with Crippen molar-refractivity contribution in [2.24, 2.45) is 35.0 Å². The molecule has 0 bridgehead atoms. The smallest absolute Gasteiger partial charge is 0.343 e. The highest BCUT2D eigenvalue weighted by atomic mass is 16.6. The van der Waals surface area contributed by atoms with Crippen LogP contribution < -0.4 is 0 Å². The molecular formula is C39H51NO5. The third-order valence-corrected chi connectivity index (χ3v) is 13.6. The molecule has 4 heterocycles. The first-order valence-corrected chi connectivity index (χ1v) is 18.0. The topological polar surface area (TPSA) is 68.2 Å². The van der Waals surface area contributed by atoms with E-state index >= 15 is 0 Å². The summed E-state index contributed by atoms with van der Waals surface area (Å²) in [6.45, 7) is 4.95. The van der Waals surface area contributed by atoms with Crippen molar-refractivity contribution in [3.63, 3.8) is 0 Å². The standard InChI is InChI=1S/C39H51NO5/c1-23-33-30-22-29-27(25-11-5-4-6-12-25)15-16-28(29)34(31(41)21-26-13-9-19-39(26)17-7-8-18-39)40(30)20-10-14-32(33)44-36(23)37-35(43-3)24(2)38(42)45-37/h4-6,11-12,14,23,26-31,33-34,41H,7-10,13,15-22H2,1-3H3/t23-,26-,27-,28+,29+,30-,31+,33+,34+/m1/s1. The van der Waals surface area contributed by atoms with Crippen molar-refractivity contribution < 1.29 is 24.1 Å². The average molecular weight is 614 g/mol. The number of aliphatic hydroxyl groups excluding tert-OH is 1. The van der Waals surface area contributed by atoms with Gasteiger partial charge >= 0.3 is 5.97 Å². The number of hydrogen-bond acceptors (Lipinski definition) is 6. The van der Waals surface area contributed by atoms with Crippen LogP contribution in [0, 0.1) is 35.0 Å². The fraction of sp³-hybridized carbons (Fsp3) is 0.667. The Morgan fingerprint density at radius 1 is 1.04 bits per heavy atom. The van der Waals surface area contributed by atoms with Crippen LogP contribution in [0.25, 0.3) is 0 Å². The molecule has 4 aliphatic heterocycles. The van der Waals surface area contributed by atoms with Gasteiger partial charge in [0.1, 0.15) is 5.76 Å². The van der Waals surface area contributed by atoms with Gasteiger partial charge in [-0.25, -0.2) is 4.79 Å². The molecule has 6 nitrogen and oxygen atoms in total. The molecular weight excluding hydrogens is 562 g/mol. The predicted octanol–water partition coefficient (Wildman–Crippen LogP) is 7.61. The average Bonchev–Trinajstić information content (AvgIpc) is 3.86. The van der Waals surface area contributed by atoms with Crippen molar-refractivity contribution in [2.75, 3.05) is 13.7 Å². The van der Waals surface area contributed by atoms with Crippen molar-refractivity contribution in [1.82, 2.24) is 4.90 Å². The Bertz CT molecular complexity index is 1400. The van der Waals surface area contributed by atoms with Crippen LogP contribution >= 0.6 is 0 Å². The molecule has 9 atom stereocenters. The van der Waals surface area contributed by atoms with E-state index in [1.54, 1.807) is 14.0 Å². The molecule has 1 aromatic carbocycles. The number of nitrogens with zero attached hydrogens (tertiary/aromatic N) is 1. The molecule has 8 rings (SSSR count). The SMILES string of the molecule is COC1=C(C)C(=O)OC1=C1OC2=CCCN3[C@H]([C@@H](O)C[C@H]4CCCC45CCCC5)[C@H]4CC[C@H](c5ccccc5)[C@@H]4C[C@@H]3[C@@H]2[C@H]1C. The van der Waals surface area contributed by atoms with E-state index in [1.807, 2.05) is 0 Å². The maximum absolute atomic E-state index is 12.6. The molecule has 1 aromatic rings. The van der Waals surface area contributed by atoms with Gasteiger partial charge in [-0.15, -0.1) is 0 Å². The summed E-state index contributed by atoms with van der Waals surface area (Å²) < 4.78 is 18.1. The maximum Gasteiger partial charge on any atom is 0.343 e. The summed E-state index contributed by atoms with van der Waals surface area (Å²) in [7, 11) is 1.59. The Labute approximate surface area is 268 Å². The van der Waals surface area contributed by atoms with Crippen LogP contribution in [0.3, 0.4) is 0 Å². The summed E-state index contributed by atoms with van der Waals surface area (Å²) in [6.07, 6.45) is 16.8. The van der Waals surface area contributed by atoms with Gasteiger partial charge in [0.15, 0.2) is 11.5 Å². The van der Waals surface area contributed by atoms with E-state index in [1.165, 1.54) is 63.4 Å². The van der Waals surface area contributed by atoms with Crippen molar-refractivity contribution >= 4 is 5.97 Å². The number of ether oxygens (including phenoxy) is 3. The molecule has 7 aliphatic rings. The van der Waals surface area contributed by atoms with E-state index in [-0.39, 0.29) is 36.0 Å². The highest BCUT2D eigenvalue weighted by Crippen LogP contribution is 2.59. The molecule has 2 saturated heterocycles. The van der Waals surface area contributed by atoms with Gasteiger partial charge in [0.05, 0.1) is 18.8 Å². The minimum atomic E-state index is -0.361. The molecule has 5 fully saturated rings. The molecule has 0 aromatic heterocycles. The van der Waals surface area contributed by atoms with Gasteiger partial charge in [0, 0.05) is 30.5 Å². The number of aliphatic hydroxyl groups is 1. The van der Waals surface area contributed by atoms with Crippen LogP contribution in [0.15, 0.2) is 65.0 Å². The van der Waals surface area contributed by atoms with Gasteiger partial charge in [0.2, 0.25) is 5.76 Å². The van der Waals surface area contributed by atoms with Gasteiger partial charge in [0.25, 0.3) is 0 Å². The fourth-order valence-corrected chi connectivity index (χ4v) is 11.7. The first-order chi connectivity index (χ1) is 21.9. The molecule has 242 valence electrons. The third-order valence-electron chi connectivity index (χ3n) is 13.6. The van der Waals surface area contributed by atoms with E-state index in [4.69, 9.17) is 14.2 Å². The number of hydrogen-bond donors (Lipinski definition) is 1. The van der Waals surface area contributed by atoms with E-state index < -0.39 is 0 Å². The van der Waals surface area contributed by atoms with Gasteiger partial charge in [-0.05, 0) is 105 Å². The summed E-state index contributed by atoms with van der Waals surface area (Å²) in [4.78, 5) is 15.3. The maximum atomic E-state index is 12.6. The number of methoxy groups -OCH3 is 1. The van der Waals surface area contributed by atoms with Gasteiger partial charge in [-0.1, -0.05) is 56.5 Å². The van der Waals surface area contributed by atoms with E-state index in [0.29, 0.717) is 46.2 Å². The molecule has 1 N–H and O–H groups in total. The lowest BCUT2D eigenvalue weighted by Crippen LogP contribution is -2.60. The summed E-state index contributed by atoms with van der Waals surface area (Å²) in [5.41, 5.74) is 2.44. The summed E-state index contributed by atoms with van der Waals surface area (Å²) >= 11 is 0. The number of esters is 1. The number of cyclic esters (lactones) is 1. The van der Waals surface area contributed by atoms with Crippen LogP contribution in [-0.2, 0) is 19.0 Å². The van der Waals surface area contributed by atoms with Crippen LogP contribution in [0.4, 0.5) is 0 Å². The van der Waals surface area contributed by atoms with Crippen LogP contribution in [0.5, 0.6) is 0 Å². The number of fused-ring (bicyclic) bond motifs is 4. The van der Waals surface area contributed by atoms with Gasteiger partial charge < -0.3 is 19.3 Å². The number of benzene rings is 1. The number of carbonyl (C=O) groups excluding carboxylic acids is 1. The van der Waals surface area contributed by atoms with E-state index in [0.717, 1.165) is 37.3 Å². The highest BCUT2D eigenvalue weighted by molar-refractivity contribution is 5.93. The Morgan fingerprint density at radius 2 is 1.82 bits per heavy atom. The Kier molecular flexibility index (Phi) is 7.68. The molecule has 45 heavy (non-hydrogen) atoms. The number of allylic oxidation sites excluding steroid dienone is 1. The minimum Gasteiger partial charge on any atom is -0.492 e. The Balaban J connectivity index is 1.15. The van der Waals surface area contributed by atoms with E-state index in [9.17, 15) is 9.90 Å². The molecule has 1 spiro atoms. The first kappa shape index (κ1) is 29.8. The third kappa shape index (κ3) is 4.75. The van der Waals surface area contributed by atoms with Crippen molar-refractivity contribution in [2.45, 2.75) is 115 Å². The largest absolute Gasteiger partial charge is 0.492 e. The lowest BCUT2D eigenvalue weighted by molar-refractivity contribution is -0.133. The summed E-state index contributed by atoms with van der Waals surface area (Å²) in [5.74, 6) is 4.69. The normalized spacial score (nSPS) is 39.6. The minimum absolute atomic E-state index is 0.0308. The van der Waals surface area contributed by atoms with Crippen LogP contribution in [0.2, 0.25) is 0 Å². The fourth-order valence-electron chi connectivity index (χ4n) is 11.7. The van der Waals surface area contributed by atoms with Gasteiger partial charge in [-0.2, -0.15) is 0 Å². The number of carbonyl (C=O) groups is 1. The zero-order valence-corrected chi connectivity index (χ0v) is 27.4. The lowest BCUT2D eigenvalue weighted by Gasteiger charge is -2.53. The quantitative estimate of drug-likeness (QED) is 0.345. The molecule has 0 unspecified atom stereocenters. The second-order valence-electron chi connectivity index (χ2n) is 15.5. The monoisotopic (exact) mass is 613 g/mol.